The zero-order chi connectivity index (χ0) is 15.6. The van der Waals surface area contributed by atoms with Crippen molar-refractivity contribution in [1.29, 1.82) is 0 Å². The van der Waals surface area contributed by atoms with E-state index in [1.54, 1.807) is 18.2 Å². The van der Waals surface area contributed by atoms with Crippen LogP contribution in [0.5, 0.6) is 17.2 Å². The minimum atomic E-state index is -3.67. The van der Waals surface area contributed by atoms with Gasteiger partial charge in [-0.25, -0.2) is 0 Å². The molecule has 0 aliphatic carbocycles. The molecular weight excluding hydrogens is 295 g/mol. The molecule has 21 heavy (non-hydrogen) atoms. The molecule has 0 aliphatic rings. The summed E-state index contributed by atoms with van der Waals surface area (Å²) in [4.78, 5) is 0. The highest BCUT2D eigenvalue weighted by Crippen LogP contribution is 2.50. The predicted molar refractivity (Wildman–Crippen MR) is 79.7 cm³/mol. The Hall–Kier alpha value is -1.75. The predicted octanol–water partition coefficient (Wildman–Crippen LogP) is 2.76. The lowest BCUT2D eigenvalue weighted by atomic mass is 10.1. The largest absolute Gasteiger partial charge is 0.507 e. The molecule has 2 N–H and O–H groups in total. The van der Waals surface area contributed by atoms with E-state index in [2.05, 4.69) is 0 Å². The standard InChI is InChI=1S/C14H17O6P/c1-4-20-9-5-6-10-11(7-9)12(15)8-13(14(10)16)21(17,18-2)19-3/h5-8,15-16H,4H2,1-3H3. The van der Waals surface area contributed by atoms with E-state index in [4.69, 9.17) is 13.8 Å². The summed E-state index contributed by atoms with van der Waals surface area (Å²) in [5, 5.41) is 21.1. The van der Waals surface area contributed by atoms with Crippen LogP contribution in [0.2, 0.25) is 0 Å². The number of phenols is 2. The summed E-state index contributed by atoms with van der Waals surface area (Å²) in [5.74, 6) is 0.167. The van der Waals surface area contributed by atoms with E-state index in [9.17, 15) is 14.8 Å². The fraction of sp³-hybridized carbons (Fsp3) is 0.286. The third kappa shape index (κ3) is 2.70. The molecule has 0 saturated heterocycles. The normalized spacial score (nSPS) is 11.8. The molecule has 0 aromatic heterocycles. The number of hydrogen-bond donors (Lipinski definition) is 2. The minimum Gasteiger partial charge on any atom is -0.507 e. The zero-order valence-electron chi connectivity index (χ0n) is 12.0. The lowest BCUT2D eigenvalue weighted by Gasteiger charge is -2.17. The van der Waals surface area contributed by atoms with Crippen molar-refractivity contribution >= 4 is 23.7 Å². The molecule has 0 spiro atoms. The average Bonchev–Trinajstić information content (AvgIpc) is 2.50. The number of hydrogen-bond acceptors (Lipinski definition) is 6. The summed E-state index contributed by atoms with van der Waals surface area (Å²) in [7, 11) is -1.25. The molecule has 2 rings (SSSR count). The lowest BCUT2D eigenvalue weighted by Crippen LogP contribution is -2.09. The summed E-state index contributed by atoms with van der Waals surface area (Å²) in [6, 6.07) is 6.01. The maximum Gasteiger partial charge on any atom is 0.364 e. The Bertz CT molecular complexity index is 704. The Morgan fingerprint density at radius 3 is 2.33 bits per heavy atom. The van der Waals surface area contributed by atoms with E-state index >= 15 is 0 Å². The molecule has 0 saturated carbocycles. The van der Waals surface area contributed by atoms with Gasteiger partial charge in [-0.3, -0.25) is 4.57 Å². The van der Waals surface area contributed by atoms with Crippen LogP contribution in [0, 0.1) is 0 Å². The monoisotopic (exact) mass is 312 g/mol. The molecule has 0 amide bonds. The van der Waals surface area contributed by atoms with Gasteiger partial charge in [0.05, 0.1) is 6.61 Å². The summed E-state index contributed by atoms with van der Waals surface area (Å²) in [6.45, 7) is 2.33. The topological polar surface area (TPSA) is 85.2 Å². The van der Waals surface area contributed by atoms with Gasteiger partial charge in [0.15, 0.2) is 0 Å². The van der Waals surface area contributed by atoms with Crippen LogP contribution in [0.4, 0.5) is 0 Å². The van der Waals surface area contributed by atoms with Crippen LogP contribution < -0.4 is 10.0 Å². The molecule has 2 aromatic rings. The van der Waals surface area contributed by atoms with Crippen LogP contribution in [0.25, 0.3) is 10.8 Å². The van der Waals surface area contributed by atoms with Crippen molar-refractivity contribution in [3.8, 4) is 17.2 Å². The van der Waals surface area contributed by atoms with Gasteiger partial charge in [0, 0.05) is 25.0 Å². The van der Waals surface area contributed by atoms with Gasteiger partial charge >= 0.3 is 7.60 Å². The van der Waals surface area contributed by atoms with Crippen LogP contribution in [0.3, 0.4) is 0 Å². The van der Waals surface area contributed by atoms with Gasteiger partial charge in [-0.1, -0.05) is 0 Å². The van der Waals surface area contributed by atoms with Crippen molar-refractivity contribution in [2.45, 2.75) is 6.92 Å². The second-order valence-electron chi connectivity index (χ2n) is 4.27. The van der Waals surface area contributed by atoms with Crippen molar-refractivity contribution in [3.63, 3.8) is 0 Å². The number of aromatic hydroxyl groups is 2. The molecule has 7 heteroatoms. The molecular formula is C14H17O6P. The highest BCUT2D eigenvalue weighted by Gasteiger charge is 2.30. The molecule has 114 valence electrons. The van der Waals surface area contributed by atoms with Crippen LogP contribution >= 0.6 is 7.60 Å². The van der Waals surface area contributed by atoms with E-state index in [1.807, 2.05) is 6.92 Å². The van der Waals surface area contributed by atoms with Crippen LogP contribution in [-0.4, -0.2) is 31.0 Å². The molecule has 2 aromatic carbocycles. The fourth-order valence-corrected chi connectivity index (χ4v) is 3.29. The Morgan fingerprint density at radius 1 is 1.10 bits per heavy atom. The van der Waals surface area contributed by atoms with E-state index in [1.165, 1.54) is 20.3 Å². The maximum atomic E-state index is 12.4. The first-order chi connectivity index (χ1) is 9.96. The molecule has 0 bridgehead atoms. The van der Waals surface area contributed by atoms with E-state index < -0.39 is 7.60 Å². The van der Waals surface area contributed by atoms with Gasteiger partial charge in [0.1, 0.15) is 22.6 Å². The molecule has 0 radical (unpaired) electrons. The zero-order valence-corrected chi connectivity index (χ0v) is 12.9. The van der Waals surface area contributed by atoms with E-state index in [-0.39, 0.29) is 16.8 Å². The minimum absolute atomic E-state index is 0.0818. The first kappa shape index (κ1) is 15.6. The average molecular weight is 312 g/mol. The van der Waals surface area contributed by atoms with Crippen LogP contribution in [0.1, 0.15) is 6.92 Å². The van der Waals surface area contributed by atoms with Gasteiger partial charge in [0.2, 0.25) is 0 Å². The van der Waals surface area contributed by atoms with Crippen molar-refractivity contribution in [3.05, 3.63) is 24.3 Å². The molecule has 0 aliphatic heterocycles. The lowest BCUT2D eigenvalue weighted by molar-refractivity contribution is 0.286. The number of rotatable bonds is 5. The van der Waals surface area contributed by atoms with Crippen molar-refractivity contribution < 1.29 is 28.6 Å². The van der Waals surface area contributed by atoms with Crippen molar-refractivity contribution in [1.82, 2.24) is 0 Å². The quantitative estimate of drug-likeness (QED) is 0.652. The fourth-order valence-electron chi connectivity index (χ4n) is 2.09. The number of fused-ring (bicyclic) bond motifs is 1. The van der Waals surface area contributed by atoms with Crippen LogP contribution in [0.15, 0.2) is 24.3 Å². The Morgan fingerprint density at radius 2 is 1.76 bits per heavy atom. The summed E-state index contributed by atoms with van der Waals surface area (Å²) in [6.07, 6.45) is 0. The maximum absolute atomic E-state index is 12.4. The summed E-state index contributed by atoms with van der Waals surface area (Å²) < 4.78 is 27.5. The van der Waals surface area contributed by atoms with Crippen LogP contribution in [-0.2, 0) is 13.6 Å². The second-order valence-corrected chi connectivity index (χ2v) is 6.47. The Labute approximate surface area is 122 Å². The molecule has 0 unspecified atom stereocenters. The molecule has 0 heterocycles. The van der Waals surface area contributed by atoms with Gasteiger partial charge in [-0.05, 0) is 31.2 Å². The van der Waals surface area contributed by atoms with Crippen molar-refractivity contribution in [2.75, 3.05) is 20.8 Å². The highest BCUT2D eigenvalue weighted by molar-refractivity contribution is 7.62. The Balaban J connectivity index is 2.71. The SMILES string of the molecule is CCOc1ccc2c(O)c(P(=O)(OC)OC)cc(O)c2c1. The van der Waals surface area contributed by atoms with Gasteiger partial charge < -0.3 is 24.0 Å². The van der Waals surface area contributed by atoms with E-state index in [0.29, 0.717) is 23.1 Å². The van der Waals surface area contributed by atoms with Gasteiger partial charge in [0.25, 0.3) is 0 Å². The first-order valence-corrected chi connectivity index (χ1v) is 7.84. The number of ether oxygens (including phenoxy) is 1. The molecule has 0 atom stereocenters. The third-order valence-corrected chi connectivity index (χ3v) is 5.02. The smallest absolute Gasteiger partial charge is 0.364 e. The summed E-state index contributed by atoms with van der Waals surface area (Å²) in [5.41, 5.74) is 0. The second kappa shape index (κ2) is 5.93. The van der Waals surface area contributed by atoms with Gasteiger partial charge in [-0.15, -0.1) is 0 Å². The third-order valence-electron chi connectivity index (χ3n) is 3.12. The summed E-state index contributed by atoms with van der Waals surface area (Å²) >= 11 is 0. The first-order valence-electron chi connectivity index (χ1n) is 6.30. The highest BCUT2D eigenvalue weighted by atomic mass is 31.2. The van der Waals surface area contributed by atoms with Crippen molar-refractivity contribution in [2.24, 2.45) is 0 Å². The number of benzene rings is 2. The number of phenolic OH excluding ortho intramolecular Hbond substituents is 2. The Kier molecular flexibility index (Phi) is 4.42. The van der Waals surface area contributed by atoms with Gasteiger partial charge in [-0.2, -0.15) is 0 Å². The van der Waals surface area contributed by atoms with E-state index in [0.717, 1.165) is 0 Å². The molecule has 6 nitrogen and oxygen atoms in total. The molecule has 0 fully saturated rings.